The maximum atomic E-state index is 12.7. The number of rotatable bonds is 5. The van der Waals surface area contributed by atoms with E-state index in [0.29, 0.717) is 4.91 Å². The van der Waals surface area contributed by atoms with E-state index in [4.69, 9.17) is 16.3 Å². The summed E-state index contributed by atoms with van der Waals surface area (Å²) in [6.45, 7) is 1.78. The topological polar surface area (TPSA) is 79.2 Å². The van der Waals surface area contributed by atoms with Crippen molar-refractivity contribution < 1.29 is 19.4 Å². The third-order valence-electron chi connectivity index (χ3n) is 4.38. The van der Waals surface area contributed by atoms with Gasteiger partial charge in [0, 0.05) is 19.8 Å². The summed E-state index contributed by atoms with van der Waals surface area (Å²) in [6, 6.07) is 14.2. The number of carbonyl (C=O) groups excluding carboxylic acids is 2. The first-order valence-corrected chi connectivity index (χ1v) is 10.7. The molecule has 8 heteroatoms. The van der Waals surface area contributed by atoms with E-state index in [2.05, 4.69) is 4.99 Å². The van der Waals surface area contributed by atoms with Crippen LogP contribution in [-0.4, -0.2) is 42.7 Å². The predicted molar refractivity (Wildman–Crippen MR) is 126 cm³/mol. The van der Waals surface area contributed by atoms with Gasteiger partial charge in [-0.2, -0.15) is 0 Å². The molecule has 31 heavy (non-hydrogen) atoms. The van der Waals surface area contributed by atoms with Crippen molar-refractivity contribution in [3.63, 3.8) is 0 Å². The molecule has 2 aromatic rings. The number of carbonyl (C=O) groups is 2. The van der Waals surface area contributed by atoms with Crippen LogP contribution in [0.1, 0.15) is 22.8 Å². The van der Waals surface area contributed by atoms with Gasteiger partial charge in [-0.25, -0.2) is 9.79 Å². The van der Waals surface area contributed by atoms with Crippen LogP contribution < -0.4 is 4.90 Å². The summed E-state index contributed by atoms with van der Waals surface area (Å²) in [5.41, 5.74) is 1.92. The van der Waals surface area contributed by atoms with E-state index >= 15 is 0 Å². The summed E-state index contributed by atoms with van der Waals surface area (Å²) in [4.78, 5) is 31.6. The highest BCUT2D eigenvalue weighted by Crippen LogP contribution is 2.39. The van der Waals surface area contributed by atoms with Crippen molar-refractivity contribution in [2.45, 2.75) is 6.92 Å². The zero-order chi connectivity index (χ0) is 22.5. The van der Waals surface area contributed by atoms with E-state index in [9.17, 15) is 14.7 Å². The lowest BCUT2D eigenvalue weighted by Crippen LogP contribution is -2.14. The number of aliphatic imine (C=N–C) groups is 1. The molecule has 0 saturated carbocycles. The fourth-order valence-electron chi connectivity index (χ4n) is 2.80. The average molecular weight is 457 g/mol. The third kappa shape index (κ3) is 5.18. The lowest BCUT2D eigenvalue weighted by Gasteiger charge is -2.11. The largest absolute Gasteiger partial charge is 0.506 e. The zero-order valence-electron chi connectivity index (χ0n) is 17.3. The molecule has 1 amide bonds. The van der Waals surface area contributed by atoms with Gasteiger partial charge < -0.3 is 14.7 Å². The molecule has 0 spiro atoms. The van der Waals surface area contributed by atoms with Crippen molar-refractivity contribution in [3.8, 4) is 0 Å². The van der Waals surface area contributed by atoms with E-state index in [0.717, 1.165) is 23.0 Å². The van der Waals surface area contributed by atoms with Crippen molar-refractivity contribution in [1.82, 2.24) is 0 Å². The lowest BCUT2D eigenvalue weighted by molar-refractivity contribution is -0.138. The minimum Gasteiger partial charge on any atom is -0.506 e. The maximum absolute atomic E-state index is 12.7. The number of anilines is 1. The fourth-order valence-corrected chi connectivity index (χ4v) is 4.03. The van der Waals surface area contributed by atoms with Crippen LogP contribution in [-0.2, 0) is 9.53 Å². The molecule has 1 heterocycles. The van der Waals surface area contributed by atoms with Crippen molar-refractivity contribution in [2.75, 3.05) is 25.6 Å². The van der Waals surface area contributed by atoms with Crippen molar-refractivity contribution in [3.05, 3.63) is 80.9 Å². The molecule has 6 nitrogen and oxygen atoms in total. The quantitative estimate of drug-likeness (QED) is 0.630. The van der Waals surface area contributed by atoms with Crippen LogP contribution in [0, 0.1) is 0 Å². The second kappa shape index (κ2) is 9.85. The number of esters is 1. The van der Waals surface area contributed by atoms with E-state index < -0.39 is 11.9 Å². The highest BCUT2D eigenvalue weighted by molar-refractivity contribution is 8.18. The van der Waals surface area contributed by atoms with Crippen molar-refractivity contribution >= 4 is 52.0 Å². The molecule has 0 bridgehead atoms. The molecule has 1 N–H and O–H groups in total. The van der Waals surface area contributed by atoms with Crippen LogP contribution in [0.25, 0.3) is 6.08 Å². The van der Waals surface area contributed by atoms with Crippen LogP contribution in [0.4, 0.5) is 5.69 Å². The van der Waals surface area contributed by atoms with Gasteiger partial charge in [-0.1, -0.05) is 47.6 Å². The Morgan fingerprint density at radius 3 is 2.45 bits per heavy atom. The molecular formula is C23H21ClN2O4S. The lowest BCUT2D eigenvalue weighted by atomic mass is 10.1. The van der Waals surface area contributed by atoms with Gasteiger partial charge >= 0.3 is 5.97 Å². The van der Waals surface area contributed by atoms with E-state index in [1.54, 1.807) is 37.3 Å². The van der Waals surface area contributed by atoms with Crippen LogP contribution in [0.3, 0.4) is 0 Å². The number of nitrogens with zero attached hydrogens (tertiary/aromatic N) is 2. The molecule has 3 rings (SSSR count). The first-order chi connectivity index (χ1) is 14.8. The number of thioether (sulfide) groups is 1. The molecule has 0 aliphatic carbocycles. The average Bonchev–Trinajstić information content (AvgIpc) is 3.03. The van der Waals surface area contributed by atoms with Crippen LogP contribution in [0.2, 0.25) is 5.02 Å². The van der Waals surface area contributed by atoms with Gasteiger partial charge in [0.1, 0.15) is 16.4 Å². The number of benzene rings is 2. The molecule has 160 valence electrons. The third-order valence-corrected chi connectivity index (χ3v) is 5.73. The van der Waals surface area contributed by atoms with Gasteiger partial charge in [-0.3, -0.25) is 4.79 Å². The molecular weight excluding hydrogens is 436 g/mol. The van der Waals surface area contributed by atoms with Crippen LogP contribution in [0.5, 0.6) is 0 Å². The standard InChI is InChI=1S/C23H21ClN2O4S/c1-4-30-23(29)19-20(27)18(13-14-9-11-15(12-10-14)26(2)3)31-22(19)25-21(28)16-7-5-6-8-17(16)24/h5-13,27H,4H2,1-3H3/b18-13-,25-22?. The predicted octanol–water partition coefficient (Wildman–Crippen LogP) is 5.11. The molecule has 0 aromatic heterocycles. The number of aliphatic hydroxyl groups excluding tert-OH is 1. The second-order valence-corrected chi connectivity index (χ2v) is 8.18. The van der Waals surface area contributed by atoms with Gasteiger partial charge in [-0.15, -0.1) is 0 Å². The summed E-state index contributed by atoms with van der Waals surface area (Å²) < 4.78 is 5.06. The Hall–Kier alpha value is -3.03. The Balaban J connectivity index is 1.99. The summed E-state index contributed by atoms with van der Waals surface area (Å²) in [5, 5.41) is 11.0. The molecule has 0 saturated heterocycles. The Labute approximate surface area is 189 Å². The van der Waals surface area contributed by atoms with Crippen LogP contribution in [0.15, 0.2) is 69.8 Å². The van der Waals surface area contributed by atoms with Gasteiger partial charge in [0.25, 0.3) is 5.91 Å². The number of halogens is 1. The smallest absolute Gasteiger partial charge is 0.344 e. The number of ether oxygens (including phenoxy) is 1. The molecule has 0 fully saturated rings. The summed E-state index contributed by atoms with van der Waals surface area (Å²) >= 11 is 7.12. The molecule has 0 unspecified atom stereocenters. The maximum Gasteiger partial charge on any atom is 0.344 e. The van der Waals surface area contributed by atoms with Gasteiger partial charge in [0.15, 0.2) is 0 Å². The monoisotopic (exact) mass is 456 g/mol. The molecule has 2 aromatic carbocycles. The van der Waals surface area contributed by atoms with Crippen molar-refractivity contribution in [2.24, 2.45) is 4.99 Å². The highest BCUT2D eigenvalue weighted by Gasteiger charge is 2.34. The normalized spacial score (nSPS) is 16.1. The van der Waals surface area contributed by atoms with E-state index in [1.807, 2.05) is 43.3 Å². The summed E-state index contributed by atoms with van der Waals surface area (Å²) in [5.74, 6) is -1.63. The van der Waals surface area contributed by atoms with Crippen molar-refractivity contribution in [1.29, 1.82) is 0 Å². The summed E-state index contributed by atoms with van der Waals surface area (Å²) in [6.07, 6.45) is 1.72. The summed E-state index contributed by atoms with van der Waals surface area (Å²) in [7, 11) is 3.89. The Morgan fingerprint density at radius 1 is 1.16 bits per heavy atom. The first-order valence-electron chi connectivity index (χ1n) is 9.47. The van der Waals surface area contributed by atoms with E-state index in [-0.39, 0.29) is 33.6 Å². The number of amides is 1. The second-order valence-electron chi connectivity index (χ2n) is 6.74. The Kier molecular flexibility index (Phi) is 7.20. The number of hydrogen-bond acceptors (Lipinski definition) is 6. The van der Waals surface area contributed by atoms with E-state index in [1.165, 1.54) is 0 Å². The van der Waals surface area contributed by atoms with Gasteiger partial charge in [0.2, 0.25) is 0 Å². The molecule has 1 aliphatic heterocycles. The van der Waals surface area contributed by atoms with Gasteiger partial charge in [0.05, 0.1) is 22.1 Å². The molecule has 1 aliphatic rings. The first kappa shape index (κ1) is 22.7. The van der Waals surface area contributed by atoms with Crippen LogP contribution >= 0.6 is 23.4 Å². The minimum atomic E-state index is -0.746. The molecule has 0 atom stereocenters. The molecule has 0 radical (unpaired) electrons. The minimum absolute atomic E-state index is 0.0667. The number of hydrogen-bond donors (Lipinski definition) is 1. The highest BCUT2D eigenvalue weighted by atomic mass is 35.5. The number of aliphatic hydroxyl groups is 1. The SMILES string of the molecule is CCOC(=O)C1=C(O)/C(=C/c2ccc(N(C)C)cc2)SC1=NC(=O)c1ccccc1Cl. The zero-order valence-corrected chi connectivity index (χ0v) is 18.8. The Morgan fingerprint density at radius 2 is 1.84 bits per heavy atom. The fraction of sp³-hybridized carbons (Fsp3) is 0.174. The Bertz CT molecular complexity index is 1100. The van der Waals surface area contributed by atoms with Gasteiger partial charge in [-0.05, 0) is 42.8 Å².